The van der Waals surface area contributed by atoms with E-state index in [1.165, 1.54) is 6.92 Å². The van der Waals surface area contributed by atoms with Gasteiger partial charge in [0.25, 0.3) is 0 Å². The maximum absolute atomic E-state index is 10.9. The maximum Gasteiger partial charge on any atom is 0.152 e. The first kappa shape index (κ1) is 9.76. The van der Waals surface area contributed by atoms with Crippen molar-refractivity contribution in [2.45, 2.75) is 12.3 Å². The molecule has 13 heavy (non-hydrogen) atoms. The first-order valence-corrected chi connectivity index (χ1v) is 4.23. The highest BCUT2D eigenvalue weighted by Gasteiger charge is 2.12. The minimum atomic E-state index is -0.645. The molecule has 0 radical (unpaired) electrons. The maximum atomic E-state index is 10.9. The zero-order chi connectivity index (χ0) is 9.84. The van der Waals surface area contributed by atoms with Crippen molar-refractivity contribution in [2.24, 2.45) is 0 Å². The minimum absolute atomic E-state index is 0.114. The molecule has 0 spiro atoms. The number of nitriles is 1. The second kappa shape index (κ2) is 4.06. The molecule has 0 bridgehead atoms. The average molecular weight is 194 g/mol. The molecule has 0 aliphatic rings. The van der Waals surface area contributed by atoms with Crippen LogP contribution < -0.4 is 0 Å². The van der Waals surface area contributed by atoms with Crippen LogP contribution in [0.2, 0.25) is 0 Å². The fraction of sp³-hybridized carbons (Fsp3) is 0.200. The van der Waals surface area contributed by atoms with E-state index in [0.29, 0.717) is 11.1 Å². The highest BCUT2D eigenvalue weighted by atomic mass is 35.5. The standard InChI is InChI=1S/C10H8ClNO/c1-7(13)10(11)9-4-2-3-8(5-9)6-12/h2-5,10H,1H3. The molecule has 0 saturated heterocycles. The minimum Gasteiger partial charge on any atom is -0.298 e. The Morgan fingerprint density at radius 2 is 2.31 bits per heavy atom. The number of nitrogens with zero attached hydrogens (tertiary/aromatic N) is 1. The molecule has 66 valence electrons. The van der Waals surface area contributed by atoms with Crippen LogP contribution in [0.1, 0.15) is 23.4 Å². The van der Waals surface area contributed by atoms with Crippen LogP contribution in [-0.2, 0) is 4.79 Å². The smallest absolute Gasteiger partial charge is 0.152 e. The number of Topliss-reactive ketones (excluding diaryl/α,β-unsaturated/α-hetero) is 1. The van der Waals surface area contributed by atoms with Crippen LogP contribution in [0.5, 0.6) is 0 Å². The number of hydrogen-bond donors (Lipinski definition) is 0. The third kappa shape index (κ3) is 2.30. The van der Waals surface area contributed by atoms with Gasteiger partial charge >= 0.3 is 0 Å². The number of halogens is 1. The van der Waals surface area contributed by atoms with Crippen molar-refractivity contribution in [3.63, 3.8) is 0 Å². The van der Waals surface area contributed by atoms with E-state index in [2.05, 4.69) is 0 Å². The summed E-state index contributed by atoms with van der Waals surface area (Å²) >= 11 is 5.81. The third-order valence-corrected chi connectivity index (χ3v) is 2.22. The molecule has 0 N–H and O–H groups in total. The number of hydrogen-bond acceptors (Lipinski definition) is 2. The fourth-order valence-electron chi connectivity index (χ4n) is 1.00. The molecule has 3 heteroatoms. The van der Waals surface area contributed by atoms with Gasteiger partial charge in [0.05, 0.1) is 11.6 Å². The van der Waals surface area contributed by atoms with Crippen molar-refractivity contribution in [2.75, 3.05) is 0 Å². The fourth-order valence-corrected chi connectivity index (χ4v) is 1.14. The molecule has 0 amide bonds. The van der Waals surface area contributed by atoms with E-state index in [4.69, 9.17) is 16.9 Å². The Morgan fingerprint density at radius 3 is 2.85 bits per heavy atom. The van der Waals surface area contributed by atoms with Crippen molar-refractivity contribution < 1.29 is 4.79 Å². The molecule has 1 atom stereocenters. The highest BCUT2D eigenvalue weighted by Crippen LogP contribution is 2.21. The molecule has 0 heterocycles. The first-order chi connectivity index (χ1) is 6.15. The molecule has 1 unspecified atom stereocenters. The Kier molecular flexibility index (Phi) is 3.05. The SMILES string of the molecule is CC(=O)C(Cl)c1cccc(C#N)c1. The van der Waals surface area contributed by atoms with Crippen LogP contribution in [-0.4, -0.2) is 5.78 Å². The van der Waals surface area contributed by atoms with E-state index < -0.39 is 5.38 Å². The van der Waals surface area contributed by atoms with E-state index in [1.807, 2.05) is 6.07 Å². The lowest BCUT2D eigenvalue weighted by molar-refractivity contribution is -0.116. The Morgan fingerprint density at radius 1 is 1.62 bits per heavy atom. The van der Waals surface area contributed by atoms with E-state index >= 15 is 0 Å². The second-order valence-electron chi connectivity index (χ2n) is 2.71. The predicted octanol–water partition coefficient (Wildman–Crippen LogP) is 2.43. The summed E-state index contributed by atoms with van der Waals surface area (Å²) in [6.45, 7) is 1.43. The molecule has 1 aromatic carbocycles. The summed E-state index contributed by atoms with van der Waals surface area (Å²) in [5.74, 6) is -0.114. The van der Waals surface area contributed by atoms with Gasteiger partial charge in [-0.2, -0.15) is 5.26 Å². The average Bonchev–Trinajstić information content (AvgIpc) is 2.16. The lowest BCUT2D eigenvalue weighted by atomic mass is 10.1. The van der Waals surface area contributed by atoms with Gasteiger partial charge in [-0.1, -0.05) is 12.1 Å². The van der Waals surface area contributed by atoms with Gasteiger partial charge in [0, 0.05) is 0 Å². The third-order valence-electron chi connectivity index (χ3n) is 1.67. The van der Waals surface area contributed by atoms with Crippen LogP contribution in [0.4, 0.5) is 0 Å². The molecule has 0 saturated carbocycles. The summed E-state index contributed by atoms with van der Waals surface area (Å²) in [4.78, 5) is 10.9. The lowest BCUT2D eigenvalue weighted by Gasteiger charge is -2.04. The zero-order valence-electron chi connectivity index (χ0n) is 7.12. The van der Waals surface area contributed by atoms with E-state index in [1.54, 1.807) is 24.3 Å². The van der Waals surface area contributed by atoms with Gasteiger partial charge in [-0.15, -0.1) is 11.6 Å². The second-order valence-corrected chi connectivity index (χ2v) is 3.15. The Balaban J connectivity index is 3.03. The monoisotopic (exact) mass is 193 g/mol. The molecule has 0 aliphatic carbocycles. The largest absolute Gasteiger partial charge is 0.298 e. The van der Waals surface area contributed by atoms with Crippen molar-refractivity contribution in [1.82, 2.24) is 0 Å². The van der Waals surface area contributed by atoms with Crippen LogP contribution >= 0.6 is 11.6 Å². The summed E-state index contributed by atoms with van der Waals surface area (Å²) in [5.41, 5.74) is 1.19. The Bertz CT molecular complexity index is 367. The van der Waals surface area contributed by atoms with Gasteiger partial charge in [-0.25, -0.2) is 0 Å². The van der Waals surface area contributed by atoms with Crippen LogP contribution in [0.3, 0.4) is 0 Å². The molecule has 1 rings (SSSR count). The molecular weight excluding hydrogens is 186 g/mol. The molecule has 0 aromatic heterocycles. The molecule has 0 aliphatic heterocycles. The van der Waals surface area contributed by atoms with E-state index in [0.717, 1.165) is 0 Å². The predicted molar refractivity (Wildman–Crippen MR) is 50.4 cm³/mol. The number of carbonyl (C=O) groups excluding carboxylic acids is 1. The normalized spacial score (nSPS) is 11.8. The van der Waals surface area contributed by atoms with Gasteiger partial charge in [0.15, 0.2) is 5.78 Å². The summed E-state index contributed by atoms with van der Waals surface area (Å²) in [7, 11) is 0. The number of carbonyl (C=O) groups is 1. The van der Waals surface area contributed by atoms with Crippen molar-refractivity contribution in [3.8, 4) is 6.07 Å². The van der Waals surface area contributed by atoms with Crippen LogP contribution in [0, 0.1) is 11.3 Å². The molecule has 0 fully saturated rings. The Labute approximate surface area is 81.7 Å². The first-order valence-electron chi connectivity index (χ1n) is 3.79. The molecule has 2 nitrogen and oxygen atoms in total. The van der Waals surface area contributed by atoms with E-state index in [9.17, 15) is 4.79 Å². The quantitative estimate of drug-likeness (QED) is 0.677. The zero-order valence-corrected chi connectivity index (χ0v) is 7.88. The van der Waals surface area contributed by atoms with Gasteiger partial charge in [-0.3, -0.25) is 4.79 Å². The summed E-state index contributed by atoms with van der Waals surface area (Å²) in [5, 5.41) is 7.96. The van der Waals surface area contributed by atoms with Crippen LogP contribution in [0.15, 0.2) is 24.3 Å². The molecular formula is C10H8ClNO. The van der Waals surface area contributed by atoms with E-state index in [-0.39, 0.29) is 5.78 Å². The van der Waals surface area contributed by atoms with Gasteiger partial charge in [-0.05, 0) is 24.6 Å². The van der Waals surface area contributed by atoms with Gasteiger partial charge < -0.3 is 0 Å². The van der Waals surface area contributed by atoms with Crippen molar-refractivity contribution in [3.05, 3.63) is 35.4 Å². The number of alkyl halides is 1. The topological polar surface area (TPSA) is 40.9 Å². The highest BCUT2D eigenvalue weighted by molar-refractivity contribution is 6.30. The summed E-state index contributed by atoms with van der Waals surface area (Å²) < 4.78 is 0. The van der Waals surface area contributed by atoms with Crippen molar-refractivity contribution in [1.29, 1.82) is 5.26 Å². The number of ketones is 1. The summed E-state index contributed by atoms with van der Waals surface area (Å²) in [6.07, 6.45) is 0. The number of rotatable bonds is 2. The summed E-state index contributed by atoms with van der Waals surface area (Å²) in [6, 6.07) is 8.74. The van der Waals surface area contributed by atoms with Gasteiger partial charge in [0.2, 0.25) is 0 Å². The van der Waals surface area contributed by atoms with Crippen molar-refractivity contribution >= 4 is 17.4 Å². The molecule has 1 aromatic rings. The lowest BCUT2D eigenvalue weighted by Crippen LogP contribution is -2.01. The van der Waals surface area contributed by atoms with Gasteiger partial charge in [0.1, 0.15) is 5.38 Å². The number of benzene rings is 1. The Hall–Kier alpha value is -1.33. The van der Waals surface area contributed by atoms with Crippen LogP contribution in [0.25, 0.3) is 0 Å².